The Morgan fingerprint density at radius 3 is 2.79 bits per heavy atom. The van der Waals surface area contributed by atoms with Crippen LogP contribution in [0.3, 0.4) is 0 Å². The lowest BCUT2D eigenvalue weighted by molar-refractivity contribution is 0.214. The van der Waals surface area contributed by atoms with Gasteiger partial charge in [-0.1, -0.05) is 36.2 Å². The summed E-state index contributed by atoms with van der Waals surface area (Å²) >= 11 is 12.0. The van der Waals surface area contributed by atoms with Gasteiger partial charge in [0, 0.05) is 6.42 Å². The van der Waals surface area contributed by atoms with Crippen LogP contribution in [0.5, 0.6) is 0 Å². The Morgan fingerprint density at radius 2 is 2.16 bits per heavy atom. The molecule has 0 aliphatic carbocycles. The Labute approximate surface area is 124 Å². The van der Waals surface area contributed by atoms with Gasteiger partial charge in [-0.3, -0.25) is 0 Å². The fourth-order valence-corrected chi connectivity index (χ4v) is 2.49. The normalized spacial score (nSPS) is 16.1. The molecule has 1 heterocycles. The highest BCUT2D eigenvalue weighted by molar-refractivity contribution is 6.42. The summed E-state index contributed by atoms with van der Waals surface area (Å²) in [6, 6.07) is 6.02. The van der Waals surface area contributed by atoms with Gasteiger partial charge >= 0.3 is 0 Å². The molecule has 1 atom stereocenters. The van der Waals surface area contributed by atoms with Crippen molar-refractivity contribution in [3.8, 4) is 0 Å². The van der Waals surface area contributed by atoms with E-state index in [0.717, 1.165) is 38.2 Å². The van der Waals surface area contributed by atoms with Crippen molar-refractivity contribution in [2.24, 2.45) is 0 Å². The van der Waals surface area contributed by atoms with Crippen molar-refractivity contribution in [1.82, 2.24) is 5.32 Å². The van der Waals surface area contributed by atoms with Gasteiger partial charge in [0.05, 0.1) is 22.7 Å². The van der Waals surface area contributed by atoms with Crippen LogP contribution < -0.4 is 5.32 Å². The minimum absolute atomic E-state index is 0.222. The second kappa shape index (κ2) is 7.18. The first-order chi connectivity index (χ1) is 9.20. The zero-order valence-corrected chi connectivity index (χ0v) is 12.6. The number of benzene rings is 1. The van der Waals surface area contributed by atoms with E-state index in [1.54, 1.807) is 0 Å². The SMILES string of the molecule is CCCNC(Cc1ccc(Cl)c(Cl)c1)C1=CCCO1. The van der Waals surface area contributed by atoms with Gasteiger partial charge in [0.1, 0.15) is 5.76 Å². The summed E-state index contributed by atoms with van der Waals surface area (Å²) in [5.41, 5.74) is 1.17. The summed E-state index contributed by atoms with van der Waals surface area (Å²) in [6.45, 7) is 3.93. The van der Waals surface area contributed by atoms with Crippen LogP contribution >= 0.6 is 23.2 Å². The Bertz CT molecular complexity index is 459. The number of halogens is 2. The predicted octanol–water partition coefficient (Wildman–Crippen LogP) is 4.21. The fourth-order valence-electron chi connectivity index (χ4n) is 2.17. The van der Waals surface area contributed by atoms with Gasteiger partial charge in [0.2, 0.25) is 0 Å². The third-order valence-corrected chi connectivity index (χ3v) is 3.88. The van der Waals surface area contributed by atoms with Crippen molar-refractivity contribution in [2.45, 2.75) is 32.2 Å². The fraction of sp³-hybridized carbons (Fsp3) is 0.467. The molecule has 1 N–H and O–H groups in total. The standard InChI is InChI=1S/C15H19Cl2NO/c1-2-7-18-14(15-4-3-8-19-15)10-11-5-6-12(16)13(17)9-11/h4-6,9,14,18H,2-3,7-8,10H2,1H3. The molecule has 1 unspecified atom stereocenters. The van der Waals surface area contributed by atoms with Crippen molar-refractivity contribution in [3.05, 3.63) is 45.6 Å². The van der Waals surface area contributed by atoms with E-state index in [1.807, 2.05) is 18.2 Å². The van der Waals surface area contributed by atoms with Crippen LogP contribution in [-0.2, 0) is 11.2 Å². The molecule has 0 saturated carbocycles. The van der Waals surface area contributed by atoms with Gasteiger partial charge in [-0.2, -0.15) is 0 Å². The number of rotatable bonds is 6. The highest BCUT2D eigenvalue weighted by Crippen LogP contribution is 2.24. The quantitative estimate of drug-likeness (QED) is 0.850. The van der Waals surface area contributed by atoms with Crippen molar-refractivity contribution in [1.29, 1.82) is 0 Å². The monoisotopic (exact) mass is 299 g/mol. The van der Waals surface area contributed by atoms with Crippen LogP contribution in [-0.4, -0.2) is 19.2 Å². The van der Waals surface area contributed by atoms with Gasteiger partial charge < -0.3 is 10.1 Å². The third-order valence-electron chi connectivity index (χ3n) is 3.14. The second-order valence-electron chi connectivity index (χ2n) is 4.70. The van der Waals surface area contributed by atoms with Crippen LogP contribution in [0.1, 0.15) is 25.3 Å². The summed E-state index contributed by atoms with van der Waals surface area (Å²) in [5.74, 6) is 1.06. The van der Waals surface area contributed by atoms with Gasteiger partial charge in [-0.25, -0.2) is 0 Å². The average molecular weight is 300 g/mol. The molecule has 104 valence electrons. The molecule has 0 bridgehead atoms. The largest absolute Gasteiger partial charge is 0.496 e. The molecule has 1 aromatic rings. The summed E-state index contributed by atoms with van der Waals surface area (Å²) in [4.78, 5) is 0. The summed E-state index contributed by atoms with van der Waals surface area (Å²) < 4.78 is 5.68. The molecule has 0 saturated heterocycles. The molecule has 19 heavy (non-hydrogen) atoms. The molecule has 0 spiro atoms. The molecule has 2 rings (SSSR count). The van der Waals surface area contributed by atoms with Gasteiger partial charge in [-0.05, 0) is 43.2 Å². The molecule has 2 nitrogen and oxygen atoms in total. The molecule has 1 aliphatic heterocycles. The molecule has 1 aromatic carbocycles. The first-order valence-corrected chi connectivity index (χ1v) is 7.46. The summed E-state index contributed by atoms with van der Waals surface area (Å²) in [5, 5.41) is 4.73. The van der Waals surface area contributed by atoms with Crippen molar-refractivity contribution >= 4 is 23.2 Å². The zero-order chi connectivity index (χ0) is 13.7. The first-order valence-electron chi connectivity index (χ1n) is 6.71. The number of hydrogen-bond donors (Lipinski definition) is 1. The Hall–Kier alpha value is -0.700. The first kappa shape index (κ1) is 14.7. The molecular weight excluding hydrogens is 281 g/mol. The minimum Gasteiger partial charge on any atom is -0.496 e. The maximum absolute atomic E-state index is 6.06. The van der Waals surface area contributed by atoms with Crippen molar-refractivity contribution < 1.29 is 4.74 Å². The molecular formula is C15H19Cl2NO. The lowest BCUT2D eigenvalue weighted by Crippen LogP contribution is -2.33. The van der Waals surface area contributed by atoms with E-state index in [-0.39, 0.29) is 6.04 Å². The summed E-state index contributed by atoms with van der Waals surface area (Å²) in [7, 11) is 0. The van der Waals surface area contributed by atoms with Gasteiger partial charge in [0.15, 0.2) is 0 Å². The van der Waals surface area contributed by atoms with Crippen molar-refractivity contribution in [3.63, 3.8) is 0 Å². The van der Waals surface area contributed by atoms with Crippen molar-refractivity contribution in [2.75, 3.05) is 13.2 Å². The number of ether oxygens (including phenoxy) is 1. The van der Waals surface area contributed by atoms with E-state index < -0.39 is 0 Å². The van der Waals surface area contributed by atoms with E-state index in [0.29, 0.717) is 10.0 Å². The predicted molar refractivity (Wildman–Crippen MR) is 80.9 cm³/mol. The smallest absolute Gasteiger partial charge is 0.109 e. The van der Waals surface area contributed by atoms with Gasteiger partial charge in [-0.15, -0.1) is 0 Å². The molecule has 0 amide bonds. The zero-order valence-electron chi connectivity index (χ0n) is 11.1. The Morgan fingerprint density at radius 1 is 1.32 bits per heavy atom. The average Bonchev–Trinajstić information content (AvgIpc) is 2.92. The second-order valence-corrected chi connectivity index (χ2v) is 5.52. The van der Waals surface area contributed by atoms with Crippen LogP contribution in [0.4, 0.5) is 0 Å². The van der Waals surface area contributed by atoms with Crippen LogP contribution in [0.2, 0.25) is 10.0 Å². The van der Waals surface area contributed by atoms with Crippen LogP contribution in [0.15, 0.2) is 30.0 Å². The van der Waals surface area contributed by atoms with Gasteiger partial charge in [0.25, 0.3) is 0 Å². The van der Waals surface area contributed by atoms with E-state index in [2.05, 4.69) is 18.3 Å². The Balaban J connectivity index is 2.07. The molecule has 0 radical (unpaired) electrons. The number of nitrogens with one attached hydrogen (secondary N) is 1. The van der Waals surface area contributed by atoms with Crippen LogP contribution in [0, 0.1) is 0 Å². The lowest BCUT2D eigenvalue weighted by Gasteiger charge is -2.20. The molecule has 4 heteroatoms. The van der Waals surface area contributed by atoms with E-state index in [4.69, 9.17) is 27.9 Å². The topological polar surface area (TPSA) is 21.3 Å². The lowest BCUT2D eigenvalue weighted by atomic mass is 10.0. The maximum atomic E-state index is 6.06. The molecule has 0 aromatic heterocycles. The highest BCUT2D eigenvalue weighted by atomic mass is 35.5. The third kappa shape index (κ3) is 4.13. The molecule has 1 aliphatic rings. The Kier molecular flexibility index (Phi) is 5.56. The van der Waals surface area contributed by atoms with E-state index >= 15 is 0 Å². The van der Waals surface area contributed by atoms with E-state index in [1.165, 1.54) is 5.56 Å². The van der Waals surface area contributed by atoms with E-state index in [9.17, 15) is 0 Å². The molecule has 0 fully saturated rings. The number of hydrogen-bond acceptors (Lipinski definition) is 2. The summed E-state index contributed by atoms with van der Waals surface area (Å²) in [6.07, 6.45) is 5.14. The maximum Gasteiger partial charge on any atom is 0.109 e. The minimum atomic E-state index is 0.222. The highest BCUT2D eigenvalue weighted by Gasteiger charge is 2.18. The van der Waals surface area contributed by atoms with Crippen LogP contribution in [0.25, 0.3) is 0 Å².